The minimum absolute atomic E-state index is 0. The van der Waals surface area contributed by atoms with E-state index in [0.717, 1.165) is 5.56 Å². The fourth-order valence-electron chi connectivity index (χ4n) is 1.23. The van der Waals surface area contributed by atoms with E-state index in [1.54, 1.807) is 24.3 Å². The molecule has 0 aliphatic heterocycles. The average Bonchev–Trinajstić information content (AvgIpc) is 3.03. The summed E-state index contributed by atoms with van der Waals surface area (Å²) >= 11 is 0. The topological polar surface area (TPSA) is 93.4 Å². The van der Waals surface area contributed by atoms with Crippen LogP contribution in [0.25, 0.3) is 5.59 Å². The van der Waals surface area contributed by atoms with Crippen LogP contribution in [0.15, 0.2) is 48.5 Å². The maximum absolute atomic E-state index is 10.7. The van der Waals surface area contributed by atoms with Crippen LogP contribution in [0.2, 0.25) is 0 Å². The summed E-state index contributed by atoms with van der Waals surface area (Å²) in [6, 6.07) is 15.0. The summed E-state index contributed by atoms with van der Waals surface area (Å²) in [4.78, 5) is 27.9. The molecule has 2 aromatic carbocycles. The van der Waals surface area contributed by atoms with E-state index in [9.17, 15) is 9.59 Å². The van der Waals surface area contributed by atoms with E-state index < -0.39 is 5.78 Å². The molecule has 22 heavy (non-hydrogen) atoms. The number of hydrogen-bond donors (Lipinski definition) is 0. The Morgan fingerprint density at radius 1 is 1.09 bits per heavy atom. The fourth-order valence-corrected chi connectivity index (χ4v) is 1.23. The molecular weight excluding hydrogens is 325 g/mol. The zero-order valence-electron chi connectivity index (χ0n) is 12.1. The van der Waals surface area contributed by atoms with Crippen molar-refractivity contribution in [3.8, 4) is 0 Å². The molecule has 0 amide bonds. The second kappa shape index (κ2) is 16.8. The van der Waals surface area contributed by atoms with E-state index in [2.05, 4.69) is 25.7 Å². The molecule has 6 heteroatoms. The van der Waals surface area contributed by atoms with E-state index in [4.69, 9.17) is 15.2 Å². The third-order valence-electron chi connectivity index (χ3n) is 2.24. The van der Waals surface area contributed by atoms with Gasteiger partial charge in [-0.15, -0.1) is 17.7 Å². The van der Waals surface area contributed by atoms with Gasteiger partial charge in [0.05, 0.1) is 5.78 Å². The Labute approximate surface area is 140 Å². The molecule has 0 saturated heterocycles. The molecule has 115 valence electrons. The first-order valence-electron chi connectivity index (χ1n) is 5.69. The first-order valence-corrected chi connectivity index (χ1v) is 5.69. The van der Waals surface area contributed by atoms with Gasteiger partial charge in [0, 0.05) is 6.29 Å². The van der Waals surface area contributed by atoms with Crippen molar-refractivity contribution in [2.45, 2.75) is 13.8 Å². The molecule has 5 nitrogen and oxygen atoms in total. The van der Waals surface area contributed by atoms with Crippen LogP contribution in [0.5, 0.6) is 0 Å². The Hall–Kier alpha value is -2.23. The van der Waals surface area contributed by atoms with Gasteiger partial charge in [-0.05, 0) is 6.92 Å². The molecule has 0 unspecified atom stereocenters. The summed E-state index contributed by atoms with van der Waals surface area (Å²) < 4.78 is 7.50. The van der Waals surface area contributed by atoms with E-state index in [1.807, 2.05) is 19.1 Å². The zero-order valence-corrected chi connectivity index (χ0v) is 13.3. The van der Waals surface area contributed by atoms with Crippen LogP contribution in [-0.4, -0.2) is 12.1 Å². The van der Waals surface area contributed by atoms with Gasteiger partial charge in [-0.2, -0.15) is 18.2 Å². The van der Waals surface area contributed by atoms with Gasteiger partial charge in [-0.3, -0.25) is 0 Å². The quantitative estimate of drug-likeness (QED) is 0.276. The van der Waals surface area contributed by atoms with Crippen LogP contribution in [0, 0.1) is 25.4 Å². The van der Waals surface area contributed by atoms with Gasteiger partial charge in [0.2, 0.25) is 0 Å². The van der Waals surface area contributed by atoms with E-state index in [-0.39, 0.29) is 17.1 Å². The number of ketones is 1. The number of carbonyl (C=O) groups is 1. The van der Waals surface area contributed by atoms with Crippen molar-refractivity contribution >= 4 is 12.1 Å². The van der Waals surface area contributed by atoms with Gasteiger partial charge < -0.3 is 20.1 Å². The van der Waals surface area contributed by atoms with Crippen molar-refractivity contribution in [3.63, 3.8) is 0 Å². The monoisotopic (exact) mass is 339 g/mol. The molecule has 2 rings (SSSR count). The third kappa shape index (κ3) is 11.6. The number of nitroso groups, excluding NO2 is 1. The molecule has 0 spiro atoms. The molecule has 0 aliphatic carbocycles. The van der Waals surface area contributed by atoms with Crippen LogP contribution >= 0.6 is 0 Å². The van der Waals surface area contributed by atoms with Crippen LogP contribution < -0.4 is 0 Å². The number of benzene rings is 1. The average molecular weight is 339 g/mol. The van der Waals surface area contributed by atoms with Gasteiger partial charge in [-0.25, -0.2) is 11.6 Å². The molecule has 0 aromatic heterocycles. The molecule has 0 fully saturated rings. The van der Waals surface area contributed by atoms with Crippen LogP contribution in [0.4, 0.5) is 0 Å². The maximum Gasteiger partial charge on any atom is 2.00 e. The van der Waals surface area contributed by atoms with Crippen LogP contribution in [-0.2, 0) is 26.5 Å². The van der Waals surface area contributed by atoms with Crippen molar-refractivity contribution in [3.05, 3.63) is 82.4 Å². The molecule has 2 aromatic rings. The smallest absolute Gasteiger partial charge is 0.577 e. The summed E-state index contributed by atoms with van der Waals surface area (Å²) in [6.07, 6.45) is 1.31. The number of rotatable bonds is 2. The minimum Gasteiger partial charge on any atom is -0.577 e. The number of hydrogen-bond acceptors (Lipinski definition) is 3. The van der Waals surface area contributed by atoms with Crippen molar-refractivity contribution in [1.29, 1.82) is 0 Å². The Morgan fingerprint density at radius 3 is 1.86 bits per heavy atom. The molecule has 0 heterocycles. The summed E-state index contributed by atoms with van der Waals surface area (Å²) in [7, 11) is 0. The van der Waals surface area contributed by atoms with Crippen molar-refractivity contribution in [2.75, 3.05) is 0 Å². The van der Waals surface area contributed by atoms with Gasteiger partial charge in [0.25, 0.3) is 0 Å². The Kier molecular flexibility index (Phi) is 18.9. The number of Topliss-reactive ketones (excluding diaryl/α,β-unsaturated/α-hetero) is 1. The molecular formula is C16H14MnNO4-. The second-order valence-electron chi connectivity index (χ2n) is 3.76. The zero-order chi connectivity index (χ0) is 16.7. The maximum atomic E-state index is 10.7. The van der Waals surface area contributed by atoms with Gasteiger partial charge >= 0.3 is 28.4 Å². The fraction of sp³-hybridized carbons (Fsp3) is 0.125. The normalized spacial score (nSPS) is 7.27. The third-order valence-corrected chi connectivity index (χ3v) is 2.24. The molecule has 0 bridgehead atoms. The molecule has 0 saturated carbocycles. The molecule has 0 N–H and O–H groups in total. The van der Waals surface area contributed by atoms with Gasteiger partial charge in [0.15, 0.2) is 0 Å². The summed E-state index contributed by atoms with van der Waals surface area (Å²) in [5.74, 6) is -0.593. The van der Waals surface area contributed by atoms with Gasteiger partial charge in [-0.1, -0.05) is 24.6 Å². The minimum atomic E-state index is -0.593. The summed E-state index contributed by atoms with van der Waals surface area (Å²) in [5, 5.41) is 0. The van der Waals surface area contributed by atoms with E-state index in [1.165, 1.54) is 11.8 Å². The molecule has 1 radical (unpaired) electrons. The predicted molar refractivity (Wildman–Crippen MR) is 78.6 cm³/mol. The molecule has 0 atom stereocenters. The van der Waals surface area contributed by atoms with Crippen molar-refractivity contribution in [1.82, 2.24) is 0 Å². The first-order chi connectivity index (χ1) is 10.1. The standard InChI is InChI=1S/C9H7O2.C6H7.CO.Mn.NO/c1-7-2-4-8(5-3-7)9(11)6-10;1-6-4-2-3-5-6;1-2;;1-2/h2-5H,1H3;2-5H,1H3;;;/q2*-1;;+2;-1. The van der Waals surface area contributed by atoms with Crippen molar-refractivity contribution < 1.29 is 31.3 Å². The SMILES string of the molecule is Cc1cc[cH-]c1.Cc1ccc(C(=O)[C-]=O)cc1.[C-]#[O+].[Mn+2].[N-]=O. The number of nitrogens with zero attached hydrogens (tertiary/aromatic N) is 1. The summed E-state index contributed by atoms with van der Waals surface area (Å²) in [6.45, 7) is 8.50. The van der Waals surface area contributed by atoms with Crippen molar-refractivity contribution in [2.24, 2.45) is 0 Å². The number of aryl methyl sites for hydroxylation is 2. The van der Waals surface area contributed by atoms with E-state index >= 15 is 0 Å². The molecule has 0 aliphatic rings. The van der Waals surface area contributed by atoms with Crippen LogP contribution in [0.1, 0.15) is 21.5 Å². The largest absolute Gasteiger partial charge is 2.00 e. The Bertz CT molecular complexity index is 533. The Morgan fingerprint density at radius 2 is 1.59 bits per heavy atom. The predicted octanol–water partition coefficient (Wildman–Crippen LogP) is 3.28. The van der Waals surface area contributed by atoms with Crippen LogP contribution in [0.3, 0.4) is 0 Å². The second-order valence-corrected chi connectivity index (χ2v) is 3.76. The van der Waals surface area contributed by atoms with Gasteiger partial charge in [0.1, 0.15) is 0 Å². The van der Waals surface area contributed by atoms with E-state index in [0.29, 0.717) is 5.56 Å². The summed E-state index contributed by atoms with van der Waals surface area (Å²) in [5.41, 5.74) is 8.55. The Balaban J connectivity index is -0.000000280. The first kappa shape index (κ1) is 24.8. The number of carbonyl (C=O) groups excluding carboxylic acids is 2.